The molecule has 0 saturated carbocycles. The second-order valence-electron chi connectivity index (χ2n) is 2.70. The van der Waals surface area contributed by atoms with Crippen LogP contribution in [0, 0.1) is 0 Å². The first kappa shape index (κ1) is 8.55. The van der Waals surface area contributed by atoms with Crippen molar-refractivity contribution in [3.8, 4) is 5.75 Å². The molecule has 2 rings (SSSR count). The molecule has 0 unspecified atom stereocenters. The van der Waals surface area contributed by atoms with E-state index in [2.05, 4.69) is 9.68 Å². The number of carboxylic acids is 1. The summed E-state index contributed by atoms with van der Waals surface area (Å²) in [7, 11) is 1.51. The minimum atomic E-state index is -1.14. The molecule has 0 saturated heterocycles. The number of carbonyl (C=O) groups is 1. The van der Waals surface area contributed by atoms with E-state index in [1.54, 1.807) is 18.2 Å². The quantitative estimate of drug-likeness (QED) is 0.782. The molecule has 0 spiro atoms. The average Bonchev–Trinajstić information content (AvgIpc) is 2.59. The van der Waals surface area contributed by atoms with Gasteiger partial charge in [0.2, 0.25) is 0 Å². The van der Waals surface area contributed by atoms with Crippen molar-refractivity contribution in [1.29, 1.82) is 0 Å². The van der Waals surface area contributed by atoms with Gasteiger partial charge in [0.25, 0.3) is 5.76 Å². The number of aromatic nitrogens is 1. The molecule has 1 aromatic carbocycles. The molecule has 1 aromatic heterocycles. The highest BCUT2D eigenvalue weighted by Gasteiger charge is 2.15. The van der Waals surface area contributed by atoms with Crippen molar-refractivity contribution in [1.82, 2.24) is 5.16 Å². The molecule has 0 aliphatic carbocycles. The van der Waals surface area contributed by atoms with Crippen LogP contribution in [0.5, 0.6) is 5.75 Å². The summed E-state index contributed by atoms with van der Waals surface area (Å²) in [5, 5.41) is 12.8. The Kier molecular flexibility index (Phi) is 1.85. The summed E-state index contributed by atoms with van der Waals surface area (Å²) in [6, 6.07) is 4.91. The molecule has 5 nitrogen and oxygen atoms in total. The summed E-state index contributed by atoms with van der Waals surface area (Å²) < 4.78 is 9.63. The zero-order valence-electron chi connectivity index (χ0n) is 7.35. The van der Waals surface area contributed by atoms with Crippen LogP contribution in [-0.4, -0.2) is 23.3 Å². The number of nitrogens with zero attached hydrogens (tertiary/aromatic N) is 1. The van der Waals surface area contributed by atoms with Crippen molar-refractivity contribution in [3.05, 3.63) is 24.0 Å². The maximum atomic E-state index is 10.7. The molecular formula is C9H7NO4. The average molecular weight is 193 g/mol. The van der Waals surface area contributed by atoms with E-state index in [0.29, 0.717) is 16.7 Å². The largest absolute Gasteiger partial charge is 0.497 e. The molecule has 1 N–H and O–H groups in total. The van der Waals surface area contributed by atoms with Gasteiger partial charge < -0.3 is 14.4 Å². The van der Waals surface area contributed by atoms with Gasteiger partial charge in [-0.3, -0.25) is 0 Å². The SMILES string of the molecule is COc1ccc2noc(C(=O)O)c2c1. The van der Waals surface area contributed by atoms with Crippen LogP contribution in [0.1, 0.15) is 10.6 Å². The van der Waals surface area contributed by atoms with Gasteiger partial charge in [-0.2, -0.15) is 0 Å². The third kappa shape index (κ3) is 1.19. The predicted molar refractivity (Wildman–Crippen MR) is 47.5 cm³/mol. The molecule has 0 fully saturated rings. The van der Waals surface area contributed by atoms with Crippen molar-refractivity contribution in [2.75, 3.05) is 7.11 Å². The highest BCUT2D eigenvalue weighted by Crippen LogP contribution is 2.23. The molecule has 2 aromatic rings. The van der Waals surface area contributed by atoms with Gasteiger partial charge in [-0.15, -0.1) is 0 Å². The van der Waals surface area contributed by atoms with Crippen LogP contribution in [0.2, 0.25) is 0 Å². The molecule has 5 heteroatoms. The van der Waals surface area contributed by atoms with Gasteiger partial charge in [0, 0.05) is 0 Å². The molecule has 0 aliphatic heterocycles. The van der Waals surface area contributed by atoms with E-state index < -0.39 is 5.97 Å². The van der Waals surface area contributed by atoms with Crippen LogP contribution in [0.3, 0.4) is 0 Å². The van der Waals surface area contributed by atoms with Crippen molar-refractivity contribution in [2.24, 2.45) is 0 Å². The minimum absolute atomic E-state index is 0.168. The molecule has 0 radical (unpaired) electrons. The normalized spacial score (nSPS) is 10.4. The van der Waals surface area contributed by atoms with Gasteiger partial charge in [-0.25, -0.2) is 4.79 Å². The maximum absolute atomic E-state index is 10.7. The Morgan fingerprint density at radius 1 is 1.57 bits per heavy atom. The number of hydrogen-bond donors (Lipinski definition) is 1. The smallest absolute Gasteiger partial charge is 0.375 e. The second kappa shape index (κ2) is 3.02. The maximum Gasteiger partial charge on any atom is 0.375 e. The first-order valence-electron chi connectivity index (χ1n) is 3.89. The summed E-state index contributed by atoms with van der Waals surface area (Å²) in [6.45, 7) is 0. The van der Waals surface area contributed by atoms with E-state index in [9.17, 15) is 4.79 Å². The van der Waals surface area contributed by atoms with Crippen molar-refractivity contribution < 1.29 is 19.2 Å². The Morgan fingerprint density at radius 2 is 2.36 bits per heavy atom. The lowest BCUT2D eigenvalue weighted by atomic mass is 10.2. The summed E-state index contributed by atoms with van der Waals surface area (Å²) >= 11 is 0. The van der Waals surface area contributed by atoms with Crippen LogP contribution in [0.25, 0.3) is 10.9 Å². The summed E-state index contributed by atoms with van der Waals surface area (Å²) in [5.41, 5.74) is 0.503. The molecule has 0 amide bonds. The lowest BCUT2D eigenvalue weighted by molar-refractivity contribution is 0.0655. The fraction of sp³-hybridized carbons (Fsp3) is 0.111. The lowest BCUT2D eigenvalue weighted by Gasteiger charge is -1.97. The number of aromatic carboxylic acids is 1. The van der Waals surface area contributed by atoms with E-state index in [4.69, 9.17) is 9.84 Å². The third-order valence-corrected chi connectivity index (χ3v) is 1.88. The molecule has 14 heavy (non-hydrogen) atoms. The monoisotopic (exact) mass is 193 g/mol. The number of benzene rings is 1. The molecule has 72 valence electrons. The highest BCUT2D eigenvalue weighted by molar-refractivity contribution is 6.00. The standard InChI is InChI=1S/C9H7NO4/c1-13-5-2-3-7-6(4-5)8(9(11)12)14-10-7/h2-4H,1H3,(H,11,12). The van der Waals surface area contributed by atoms with Crippen LogP contribution in [0.4, 0.5) is 0 Å². The number of fused-ring (bicyclic) bond motifs is 1. The number of rotatable bonds is 2. The van der Waals surface area contributed by atoms with Gasteiger partial charge in [0.1, 0.15) is 11.3 Å². The zero-order chi connectivity index (χ0) is 10.1. The molecule has 0 bridgehead atoms. The Morgan fingerprint density at radius 3 is 3.00 bits per heavy atom. The topological polar surface area (TPSA) is 72.6 Å². The molecule has 0 atom stereocenters. The van der Waals surface area contributed by atoms with Gasteiger partial charge in [-0.05, 0) is 18.2 Å². The van der Waals surface area contributed by atoms with Crippen LogP contribution in [-0.2, 0) is 0 Å². The van der Waals surface area contributed by atoms with Crippen molar-refractivity contribution >= 4 is 16.9 Å². The van der Waals surface area contributed by atoms with Gasteiger partial charge in [0.15, 0.2) is 0 Å². The Balaban J connectivity index is 2.69. The van der Waals surface area contributed by atoms with Gasteiger partial charge in [0.05, 0.1) is 12.5 Å². The summed E-state index contributed by atoms with van der Waals surface area (Å²) in [6.07, 6.45) is 0. The van der Waals surface area contributed by atoms with E-state index in [0.717, 1.165) is 0 Å². The van der Waals surface area contributed by atoms with Crippen molar-refractivity contribution in [2.45, 2.75) is 0 Å². The Hall–Kier alpha value is -2.04. The van der Waals surface area contributed by atoms with E-state index in [1.165, 1.54) is 7.11 Å². The van der Waals surface area contributed by atoms with E-state index in [-0.39, 0.29) is 5.76 Å². The Bertz CT molecular complexity index is 489. The Labute approximate surface area is 78.9 Å². The summed E-state index contributed by atoms with van der Waals surface area (Å²) in [4.78, 5) is 10.7. The van der Waals surface area contributed by atoms with Gasteiger partial charge in [-0.1, -0.05) is 5.16 Å². The van der Waals surface area contributed by atoms with E-state index in [1.807, 2.05) is 0 Å². The fourth-order valence-corrected chi connectivity index (χ4v) is 1.20. The third-order valence-electron chi connectivity index (χ3n) is 1.88. The minimum Gasteiger partial charge on any atom is -0.497 e. The zero-order valence-corrected chi connectivity index (χ0v) is 7.35. The highest BCUT2D eigenvalue weighted by atomic mass is 16.5. The number of methoxy groups -OCH3 is 1. The number of hydrogen-bond acceptors (Lipinski definition) is 4. The van der Waals surface area contributed by atoms with Gasteiger partial charge >= 0.3 is 5.97 Å². The lowest BCUT2D eigenvalue weighted by Crippen LogP contribution is -1.93. The van der Waals surface area contributed by atoms with Crippen molar-refractivity contribution in [3.63, 3.8) is 0 Å². The predicted octanol–water partition coefficient (Wildman–Crippen LogP) is 1.53. The first-order chi connectivity index (χ1) is 6.72. The summed E-state index contributed by atoms with van der Waals surface area (Å²) in [5.74, 6) is -0.733. The van der Waals surface area contributed by atoms with Crippen LogP contribution >= 0.6 is 0 Å². The van der Waals surface area contributed by atoms with Crippen LogP contribution in [0.15, 0.2) is 22.7 Å². The molecule has 0 aliphatic rings. The van der Waals surface area contributed by atoms with Crippen LogP contribution < -0.4 is 4.74 Å². The fourth-order valence-electron chi connectivity index (χ4n) is 1.20. The number of ether oxygens (including phenoxy) is 1. The van der Waals surface area contributed by atoms with E-state index >= 15 is 0 Å². The molecule has 1 heterocycles. The molecular weight excluding hydrogens is 186 g/mol. The number of carboxylic acid groups (broad SMARTS) is 1. The second-order valence-corrected chi connectivity index (χ2v) is 2.70. The first-order valence-corrected chi connectivity index (χ1v) is 3.89.